The summed E-state index contributed by atoms with van der Waals surface area (Å²) < 4.78 is 27.0. The number of rotatable bonds is 2. The Morgan fingerprint density at radius 1 is 1.64 bits per heavy atom. The summed E-state index contributed by atoms with van der Waals surface area (Å²) in [5.74, 6) is 0.496. The Morgan fingerprint density at radius 2 is 2.45 bits per heavy atom. The van der Waals surface area contributed by atoms with Crippen LogP contribution in [0.25, 0.3) is 0 Å². The molecule has 1 aromatic rings. The van der Waals surface area contributed by atoms with Crippen LogP contribution >= 0.6 is 15.9 Å². The molecule has 1 N–H and O–H groups in total. The number of anilines is 1. The van der Waals surface area contributed by atoms with Crippen LogP contribution in [-0.4, -0.2) is 14.1 Å². The first kappa shape index (κ1) is 5.04. The molecule has 0 spiro atoms. The summed E-state index contributed by atoms with van der Waals surface area (Å²) in [7, 11) is 1.49. The van der Waals surface area contributed by atoms with E-state index in [1.807, 2.05) is 0 Å². The third-order valence-corrected chi connectivity index (χ3v) is 1.79. The highest BCUT2D eigenvalue weighted by atomic mass is 79.9. The quantitative estimate of drug-likeness (QED) is 0.824. The van der Waals surface area contributed by atoms with Gasteiger partial charge in [-0.15, -0.1) is 0 Å². The van der Waals surface area contributed by atoms with Crippen LogP contribution in [0.4, 0.5) is 5.69 Å². The lowest BCUT2D eigenvalue weighted by Crippen LogP contribution is -1.92. The largest absolute Gasteiger partial charge is 0.495 e. The minimum Gasteiger partial charge on any atom is -0.495 e. The number of ether oxygens (including phenoxy) is 1. The van der Waals surface area contributed by atoms with E-state index in [2.05, 4.69) is 21.2 Å². The van der Waals surface area contributed by atoms with Gasteiger partial charge in [-0.25, -0.2) is 0 Å². The molecule has 0 aliphatic heterocycles. The molecule has 0 bridgehead atoms. The lowest BCUT2D eigenvalue weighted by molar-refractivity contribution is 0.416. The van der Waals surface area contributed by atoms with Gasteiger partial charge in [-0.05, 0) is 18.2 Å². The fourth-order valence-electron chi connectivity index (χ4n) is 0.768. The highest BCUT2D eigenvalue weighted by Crippen LogP contribution is 2.27. The topological polar surface area (TPSA) is 21.3 Å². The number of hydrogen-bond donors (Lipinski definition) is 1. The Bertz CT molecular complexity index is 327. The smallest absolute Gasteiger partial charge is 0.143 e. The predicted octanol–water partition coefficient (Wildman–Crippen LogP) is 2.50. The van der Waals surface area contributed by atoms with Crippen LogP contribution in [0.1, 0.15) is 4.11 Å². The van der Waals surface area contributed by atoms with Gasteiger partial charge in [-0.3, -0.25) is 0 Å². The first-order chi connectivity index (χ1) is 6.42. The standard InChI is InChI=1S/C8H10BrNO/c1-10-7-4-3-6(9)5-8(7)11-2/h3-5,10H,1-2H3/i1D3. The van der Waals surface area contributed by atoms with Gasteiger partial charge in [0, 0.05) is 15.6 Å². The lowest BCUT2D eigenvalue weighted by atomic mass is 10.3. The van der Waals surface area contributed by atoms with Crippen molar-refractivity contribution in [2.45, 2.75) is 0 Å². The second-order valence-corrected chi connectivity index (χ2v) is 2.89. The molecule has 0 heterocycles. The molecule has 0 aliphatic rings. The molecule has 0 amide bonds. The normalized spacial score (nSPS) is 14.5. The predicted molar refractivity (Wildman–Crippen MR) is 50.2 cm³/mol. The molecule has 0 aliphatic carbocycles. The molecule has 0 atom stereocenters. The van der Waals surface area contributed by atoms with Gasteiger partial charge in [0.1, 0.15) is 5.75 Å². The summed E-state index contributed by atoms with van der Waals surface area (Å²) >= 11 is 3.27. The summed E-state index contributed by atoms with van der Waals surface area (Å²) in [6.07, 6.45) is 0. The van der Waals surface area contributed by atoms with Gasteiger partial charge in [0.15, 0.2) is 0 Å². The van der Waals surface area contributed by atoms with Gasteiger partial charge in [0.05, 0.1) is 12.8 Å². The van der Waals surface area contributed by atoms with Crippen molar-refractivity contribution in [2.75, 3.05) is 19.4 Å². The molecular formula is C8H10BrNO. The van der Waals surface area contributed by atoms with Crippen LogP contribution in [0.3, 0.4) is 0 Å². The fraction of sp³-hybridized carbons (Fsp3) is 0.250. The summed E-state index contributed by atoms with van der Waals surface area (Å²) in [6.45, 7) is -2.21. The number of benzene rings is 1. The average molecular weight is 219 g/mol. The summed E-state index contributed by atoms with van der Waals surface area (Å²) in [4.78, 5) is 0. The Kier molecular flexibility index (Phi) is 1.66. The zero-order chi connectivity index (χ0) is 10.8. The Labute approximate surface area is 78.9 Å². The number of methoxy groups -OCH3 is 1. The van der Waals surface area contributed by atoms with Crippen molar-refractivity contribution >= 4 is 21.6 Å². The zero-order valence-electron chi connectivity index (χ0n) is 9.02. The molecule has 0 saturated carbocycles. The average Bonchev–Trinajstić information content (AvgIpc) is 2.06. The van der Waals surface area contributed by atoms with Crippen LogP contribution in [0.5, 0.6) is 5.75 Å². The van der Waals surface area contributed by atoms with Gasteiger partial charge in [0.2, 0.25) is 0 Å². The van der Waals surface area contributed by atoms with Gasteiger partial charge < -0.3 is 10.1 Å². The molecule has 0 radical (unpaired) electrons. The van der Waals surface area contributed by atoms with Crippen LogP contribution in [0.15, 0.2) is 22.7 Å². The van der Waals surface area contributed by atoms with E-state index in [-0.39, 0.29) is 0 Å². The summed E-state index contributed by atoms with van der Waals surface area (Å²) in [5.41, 5.74) is 0.454. The minimum atomic E-state index is -2.21. The molecule has 1 aromatic carbocycles. The van der Waals surface area contributed by atoms with E-state index < -0.39 is 6.98 Å². The van der Waals surface area contributed by atoms with Gasteiger partial charge in [0.25, 0.3) is 0 Å². The van der Waals surface area contributed by atoms with Crippen molar-refractivity contribution in [3.05, 3.63) is 22.7 Å². The van der Waals surface area contributed by atoms with Crippen molar-refractivity contribution < 1.29 is 8.85 Å². The van der Waals surface area contributed by atoms with Crippen LogP contribution in [0, 0.1) is 0 Å². The van der Waals surface area contributed by atoms with Gasteiger partial charge in [-0.2, -0.15) is 0 Å². The van der Waals surface area contributed by atoms with Crippen molar-refractivity contribution in [1.29, 1.82) is 0 Å². The number of nitrogens with one attached hydrogen (secondary N) is 1. The van der Waals surface area contributed by atoms with Crippen molar-refractivity contribution in [2.24, 2.45) is 0 Å². The zero-order valence-corrected chi connectivity index (χ0v) is 7.60. The fourth-order valence-corrected chi connectivity index (χ4v) is 1.11. The van der Waals surface area contributed by atoms with E-state index in [0.29, 0.717) is 11.4 Å². The summed E-state index contributed by atoms with van der Waals surface area (Å²) in [6, 6.07) is 5.10. The van der Waals surface area contributed by atoms with Crippen molar-refractivity contribution in [3.8, 4) is 5.75 Å². The van der Waals surface area contributed by atoms with Crippen LogP contribution in [-0.2, 0) is 0 Å². The second-order valence-electron chi connectivity index (χ2n) is 1.97. The lowest BCUT2D eigenvalue weighted by Gasteiger charge is -2.07. The monoisotopic (exact) mass is 218 g/mol. The maximum absolute atomic E-state index is 7.05. The van der Waals surface area contributed by atoms with Gasteiger partial charge in [-0.1, -0.05) is 15.9 Å². The van der Waals surface area contributed by atoms with Crippen molar-refractivity contribution in [1.82, 2.24) is 0 Å². The highest BCUT2D eigenvalue weighted by Gasteiger charge is 1.99. The van der Waals surface area contributed by atoms with Crippen molar-refractivity contribution in [3.63, 3.8) is 0 Å². The molecule has 1 rings (SSSR count). The van der Waals surface area contributed by atoms with Crippen LogP contribution < -0.4 is 10.1 Å². The molecule has 0 saturated heterocycles. The third kappa shape index (κ3) is 1.87. The maximum Gasteiger partial charge on any atom is 0.143 e. The second kappa shape index (κ2) is 3.62. The molecule has 0 fully saturated rings. The SMILES string of the molecule is [2H]C([2H])([2H])Nc1ccc(Br)cc1OC. The van der Waals surface area contributed by atoms with E-state index in [1.54, 1.807) is 18.2 Å². The molecular weight excluding hydrogens is 206 g/mol. The highest BCUT2D eigenvalue weighted by molar-refractivity contribution is 9.10. The molecule has 60 valence electrons. The molecule has 0 aromatic heterocycles. The van der Waals surface area contributed by atoms with E-state index in [9.17, 15) is 0 Å². The van der Waals surface area contributed by atoms with Gasteiger partial charge >= 0.3 is 0 Å². The molecule has 3 heteroatoms. The van der Waals surface area contributed by atoms with E-state index in [0.717, 1.165) is 4.47 Å². The molecule has 2 nitrogen and oxygen atoms in total. The van der Waals surface area contributed by atoms with Crippen LogP contribution in [0.2, 0.25) is 0 Å². The summed E-state index contributed by atoms with van der Waals surface area (Å²) in [5, 5.41) is 2.38. The Balaban J connectivity index is 2.97. The van der Waals surface area contributed by atoms with E-state index in [1.165, 1.54) is 7.11 Å². The number of hydrogen-bond acceptors (Lipinski definition) is 2. The minimum absolute atomic E-state index is 0.454. The maximum atomic E-state index is 7.05. The number of halogens is 1. The molecule has 0 unspecified atom stereocenters. The Morgan fingerprint density at radius 3 is 3.09 bits per heavy atom. The van der Waals surface area contributed by atoms with E-state index >= 15 is 0 Å². The first-order valence-electron chi connectivity index (χ1n) is 4.54. The Hall–Kier alpha value is -0.700. The first-order valence-corrected chi connectivity index (χ1v) is 3.83. The third-order valence-electron chi connectivity index (χ3n) is 1.30. The van der Waals surface area contributed by atoms with E-state index in [4.69, 9.17) is 8.85 Å². The molecule has 11 heavy (non-hydrogen) atoms.